The number of hydrogen-bond acceptors (Lipinski definition) is 5. The second kappa shape index (κ2) is 7.74. The predicted molar refractivity (Wildman–Crippen MR) is 98.6 cm³/mol. The highest BCUT2D eigenvalue weighted by Gasteiger charge is 2.14. The van der Waals surface area contributed by atoms with Crippen LogP contribution in [-0.2, 0) is 11.3 Å². The van der Waals surface area contributed by atoms with Gasteiger partial charge in [0.05, 0.1) is 35.8 Å². The van der Waals surface area contributed by atoms with Gasteiger partial charge in [0.25, 0.3) is 0 Å². The Kier molecular flexibility index (Phi) is 5.43. The van der Waals surface area contributed by atoms with Crippen molar-refractivity contribution in [3.05, 3.63) is 52.5 Å². The fourth-order valence-corrected chi connectivity index (χ4v) is 2.97. The number of morpholine rings is 1. The van der Waals surface area contributed by atoms with Crippen LogP contribution in [0, 0.1) is 0 Å². The number of nitrogen functional groups attached to an aromatic ring is 1. The van der Waals surface area contributed by atoms with Crippen molar-refractivity contribution < 1.29 is 14.6 Å². The summed E-state index contributed by atoms with van der Waals surface area (Å²) in [4.78, 5) is 13.7. The first-order chi connectivity index (χ1) is 12.0. The molecule has 1 saturated heterocycles. The van der Waals surface area contributed by atoms with Crippen molar-refractivity contribution in [3.63, 3.8) is 0 Å². The van der Waals surface area contributed by atoms with Gasteiger partial charge in [-0.05, 0) is 35.9 Å². The number of nitrogens with zero attached hydrogens (tertiary/aromatic N) is 1. The molecule has 0 bridgehead atoms. The van der Waals surface area contributed by atoms with Gasteiger partial charge < -0.3 is 20.9 Å². The maximum absolute atomic E-state index is 11.4. The fourth-order valence-electron chi connectivity index (χ4n) is 2.79. The van der Waals surface area contributed by atoms with Gasteiger partial charge in [0.2, 0.25) is 0 Å². The monoisotopic (exact) mass is 361 g/mol. The molecule has 0 amide bonds. The standard InChI is InChI=1S/C18H20ClN3O3/c19-13-2-3-14(18(23)24)17(10-13)21-16-4-1-12(9-15(16)20)11-22-5-7-25-8-6-22/h1-4,9-10,21H,5-8,11,20H2,(H,23,24). The summed E-state index contributed by atoms with van der Waals surface area (Å²) in [5.74, 6) is -1.03. The van der Waals surface area contributed by atoms with Crippen LogP contribution in [-0.4, -0.2) is 42.3 Å². The average Bonchev–Trinajstić information content (AvgIpc) is 2.58. The third-order valence-corrected chi connectivity index (χ3v) is 4.34. The Balaban J connectivity index is 1.77. The maximum atomic E-state index is 11.4. The molecule has 7 heteroatoms. The molecule has 0 aliphatic carbocycles. The highest BCUT2D eigenvalue weighted by Crippen LogP contribution is 2.29. The first-order valence-corrected chi connectivity index (χ1v) is 8.39. The van der Waals surface area contributed by atoms with Gasteiger partial charge in [-0.15, -0.1) is 0 Å². The molecule has 6 nitrogen and oxygen atoms in total. The van der Waals surface area contributed by atoms with Crippen LogP contribution in [0.3, 0.4) is 0 Å². The van der Waals surface area contributed by atoms with Crippen molar-refractivity contribution in [2.24, 2.45) is 0 Å². The summed E-state index contributed by atoms with van der Waals surface area (Å²) in [6.45, 7) is 4.13. The Morgan fingerprint density at radius 3 is 2.64 bits per heavy atom. The summed E-state index contributed by atoms with van der Waals surface area (Å²) in [6.07, 6.45) is 0. The highest BCUT2D eigenvalue weighted by atomic mass is 35.5. The fraction of sp³-hybridized carbons (Fsp3) is 0.278. The van der Waals surface area contributed by atoms with Crippen LogP contribution in [0.4, 0.5) is 17.1 Å². The zero-order chi connectivity index (χ0) is 17.8. The molecule has 0 atom stereocenters. The number of nitrogens with two attached hydrogens (primary N) is 1. The van der Waals surface area contributed by atoms with Crippen LogP contribution in [0.5, 0.6) is 0 Å². The molecule has 4 N–H and O–H groups in total. The molecule has 132 valence electrons. The van der Waals surface area contributed by atoms with Crippen LogP contribution in [0.2, 0.25) is 5.02 Å². The third-order valence-electron chi connectivity index (χ3n) is 4.11. The summed E-state index contributed by atoms with van der Waals surface area (Å²) in [5, 5.41) is 12.8. The van der Waals surface area contributed by atoms with Gasteiger partial charge in [-0.2, -0.15) is 0 Å². The molecule has 2 aromatic carbocycles. The Labute approximate surface area is 151 Å². The number of carbonyl (C=O) groups is 1. The van der Waals surface area contributed by atoms with Crippen LogP contribution in [0.25, 0.3) is 0 Å². The van der Waals surface area contributed by atoms with E-state index in [-0.39, 0.29) is 5.56 Å². The first-order valence-electron chi connectivity index (χ1n) is 8.01. The summed E-state index contributed by atoms with van der Waals surface area (Å²) in [7, 11) is 0. The van der Waals surface area contributed by atoms with Gasteiger partial charge in [0.15, 0.2) is 0 Å². The van der Waals surface area contributed by atoms with Gasteiger partial charge in [-0.25, -0.2) is 4.79 Å². The molecule has 1 aliphatic rings. The molecular weight excluding hydrogens is 342 g/mol. The molecule has 25 heavy (non-hydrogen) atoms. The summed E-state index contributed by atoms with van der Waals surface area (Å²) in [6, 6.07) is 10.3. The molecule has 3 rings (SSSR count). The van der Waals surface area contributed by atoms with Crippen molar-refractivity contribution in [2.45, 2.75) is 6.54 Å². The van der Waals surface area contributed by atoms with Gasteiger partial charge >= 0.3 is 5.97 Å². The summed E-state index contributed by atoms with van der Waals surface area (Å²) in [5.41, 5.74) is 9.01. The molecule has 1 fully saturated rings. The lowest BCUT2D eigenvalue weighted by atomic mass is 10.1. The van der Waals surface area contributed by atoms with Crippen LogP contribution < -0.4 is 11.1 Å². The number of hydrogen-bond donors (Lipinski definition) is 3. The topological polar surface area (TPSA) is 87.8 Å². The summed E-state index contributed by atoms with van der Waals surface area (Å²) < 4.78 is 5.35. The lowest BCUT2D eigenvalue weighted by Crippen LogP contribution is -2.35. The second-order valence-corrected chi connectivity index (χ2v) is 6.37. The van der Waals surface area contributed by atoms with E-state index in [1.165, 1.54) is 6.07 Å². The van der Waals surface area contributed by atoms with E-state index in [4.69, 9.17) is 22.1 Å². The Bertz CT molecular complexity index is 776. The SMILES string of the molecule is Nc1cc(CN2CCOCC2)ccc1Nc1cc(Cl)ccc1C(=O)O. The maximum Gasteiger partial charge on any atom is 0.337 e. The number of anilines is 3. The van der Waals surface area contributed by atoms with E-state index in [0.717, 1.165) is 38.4 Å². The Morgan fingerprint density at radius 2 is 1.96 bits per heavy atom. The molecular formula is C18H20ClN3O3. The minimum absolute atomic E-state index is 0.140. The number of carboxylic acids is 1. The van der Waals surface area contributed by atoms with Crippen LogP contribution in [0.15, 0.2) is 36.4 Å². The van der Waals surface area contributed by atoms with Gasteiger partial charge in [-0.3, -0.25) is 4.90 Å². The van der Waals surface area contributed by atoms with E-state index >= 15 is 0 Å². The highest BCUT2D eigenvalue weighted by molar-refractivity contribution is 6.31. The van der Waals surface area contributed by atoms with Crippen molar-refractivity contribution in [2.75, 3.05) is 37.4 Å². The second-order valence-electron chi connectivity index (χ2n) is 5.93. The van der Waals surface area contributed by atoms with Crippen molar-refractivity contribution in [1.29, 1.82) is 0 Å². The van der Waals surface area contributed by atoms with E-state index in [1.54, 1.807) is 12.1 Å². The molecule has 2 aromatic rings. The normalized spacial score (nSPS) is 15.1. The number of rotatable bonds is 5. The lowest BCUT2D eigenvalue weighted by Gasteiger charge is -2.26. The number of carboxylic acid groups (broad SMARTS) is 1. The minimum Gasteiger partial charge on any atom is -0.478 e. The Hall–Kier alpha value is -2.28. The molecule has 0 aromatic heterocycles. The number of halogens is 1. The van der Waals surface area contributed by atoms with E-state index in [1.807, 2.05) is 18.2 Å². The third kappa shape index (κ3) is 4.42. The first kappa shape index (κ1) is 17.5. The largest absolute Gasteiger partial charge is 0.478 e. The Morgan fingerprint density at radius 1 is 1.20 bits per heavy atom. The van der Waals surface area contributed by atoms with E-state index in [2.05, 4.69) is 10.2 Å². The minimum atomic E-state index is -1.03. The van der Waals surface area contributed by atoms with E-state index in [0.29, 0.717) is 22.1 Å². The quantitative estimate of drug-likeness (QED) is 0.709. The smallest absolute Gasteiger partial charge is 0.337 e. The van der Waals surface area contributed by atoms with Gasteiger partial charge in [-0.1, -0.05) is 17.7 Å². The molecule has 1 heterocycles. The van der Waals surface area contributed by atoms with Crippen molar-refractivity contribution >= 4 is 34.6 Å². The molecule has 1 aliphatic heterocycles. The van der Waals surface area contributed by atoms with E-state index < -0.39 is 5.97 Å². The number of nitrogens with one attached hydrogen (secondary N) is 1. The number of ether oxygens (including phenoxy) is 1. The molecule has 0 saturated carbocycles. The van der Waals surface area contributed by atoms with Crippen molar-refractivity contribution in [1.82, 2.24) is 4.90 Å². The van der Waals surface area contributed by atoms with E-state index in [9.17, 15) is 9.90 Å². The predicted octanol–water partition coefficient (Wildman–Crippen LogP) is 3.20. The van der Waals surface area contributed by atoms with Gasteiger partial charge in [0, 0.05) is 24.7 Å². The zero-order valence-corrected chi connectivity index (χ0v) is 14.4. The van der Waals surface area contributed by atoms with Gasteiger partial charge in [0.1, 0.15) is 0 Å². The summed E-state index contributed by atoms with van der Waals surface area (Å²) >= 11 is 5.98. The molecule has 0 radical (unpaired) electrons. The van der Waals surface area contributed by atoms with Crippen LogP contribution >= 0.6 is 11.6 Å². The van der Waals surface area contributed by atoms with Crippen molar-refractivity contribution in [3.8, 4) is 0 Å². The lowest BCUT2D eigenvalue weighted by molar-refractivity contribution is 0.0342. The zero-order valence-electron chi connectivity index (χ0n) is 13.7. The number of benzene rings is 2. The molecule has 0 spiro atoms. The average molecular weight is 362 g/mol. The number of aromatic carboxylic acids is 1. The van der Waals surface area contributed by atoms with Crippen LogP contribution in [0.1, 0.15) is 15.9 Å². The molecule has 0 unspecified atom stereocenters.